The highest BCUT2D eigenvalue weighted by molar-refractivity contribution is 6.30. The van der Waals surface area contributed by atoms with Gasteiger partial charge in [0, 0.05) is 23.2 Å². The van der Waals surface area contributed by atoms with Crippen LogP contribution in [0.15, 0.2) is 24.3 Å². The summed E-state index contributed by atoms with van der Waals surface area (Å²) in [5, 5.41) is 11.4. The highest BCUT2D eigenvalue weighted by Gasteiger charge is 2.17. The number of benzene rings is 1. The summed E-state index contributed by atoms with van der Waals surface area (Å²) in [6.07, 6.45) is 0. The molecular weight excluding hydrogens is 293 g/mol. The molecule has 8 heteroatoms. The van der Waals surface area contributed by atoms with Crippen LogP contribution in [0.5, 0.6) is 11.6 Å². The predicted octanol–water partition coefficient (Wildman–Crippen LogP) is 3.79. The van der Waals surface area contributed by atoms with Gasteiger partial charge in [-0.25, -0.2) is 4.98 Å². The fourth-order valence-electron chi connectivity index (χ4n) is 1.39. The van der Waals surface area contributed by atoms with E-state index in [2.05, 4.69) is 9.97 Å². The molecule has 0 radical (unpaired) electrons. The fourth-order valence-corrected chi connectivity index (χ4v) is 1.77. The van der Waals surface area contributed by atoms with Gasteiger partial charge in [-0.3, -0.25) is 10.1 Å². The Kier molecular flexibility index (Phi) is 3.82. The first-order valence-electron chi connectivity index (χ1n) is 5.08. The summed E-state index contributed by atoms with van der Waals surface area (Å²) in [6.45, 7) is 1.63. The van der Waals surface area contributed by atoms with Crippen LogP contribution in [-0.4, -0.2) is 14.9 Å². The van der Waals surface area contributed by atoms with Crippen molar-refractivity contribution in [1.82, 2.24) is 9.97 Å². The molecule has 6 nitrogen and oxygen atoms in total. The minimum absolute atomic E-state index is 0.00772. The minimum Gasteiger partial charge on any atom is -0.432 e. The second-order valence-electron chi connectivity index (χ2n) is 3.55. The average molecular weight is 300 g/mol. The quantitative estimate of drug-likeness (QED) is 0.489. The highest BCUT2D eigenvalue weighted by Crippen LogP contribution is 2.33. The Morgan fingerprint density at radius 1 is 1.26 bits per heavy atom. The van der Waals surface area contributed by atoms with E-state index in [-0.39, 0.29) is 22.5 Å². The summed E-state index contributed by atoms with van der Waals surface area (Å²) in [7, 11) is 0. The molecule has 2 rings (SSSR count). The minimum atomic E-state index is -0.568. The van der Waals surface area contributed by atoms with E-state index in [1.54, 1.807) is 6.92 Å². The molecule has 2 aromatic rings. The van der Waals surface area contributed by atoms with Gasteiger partial charge in [0.15, 0.2) is 0 Å². The standard InChI is InChI=1S/C11H7Cl2N3O3/c1-6-14-10(13)5-11(15-6)19-9-4-7(12)2-3-8(9)16(17)18/h2-5H,1H3. The molecule has 0 aliphatic carbocycles. The number of ether oxygens (including phenoxy) is 1. The molecule has 0 saturated heterocycles. The van der Waals surface area contributed by atoms with Crippen molar-refractivity contribution in [3.8, 4) is 11.6 Å². The van der Waals surface area contributed by atoms with Crippen LogP contribution in [0.2, 0.25) is 10.2 Å². The van der Waals surface area contributed by atoms with E-state index in [0.29, 0.717) is 10.8 Å². The third-order valence-corrected chi connectivity index (χ3v) is 2.54. The Labute approximate surface area is 118 Å². The zero-order chi connectivity index (χ0) is 14.0. The van der Waals surface area contributed by atoms with Crippen molar-refractivity contribution in [3.05, 3.63) is 50.4 Å². The number of rotatable bonds is 3. The van der Waals surface area contributed by atoms with E-state index in [9.17, 15) is 10.1 Å². The van der Waals surface area contributed by atoms with Crippen molar-refractivity contribution in [1.29, 1.82) is 0 Å². The predicted molar refractivity (Wildman–Crippen MR) is 70.0 cm³/mol. The molecule has 0 bridgehead atoms. The Hall–Kier alpha value is -1.92. The van der Waals surface area contributed by atoms with E-state index >= 15 is 0 Å². The summed E-state index contributed by atoms with van der Waals surface area (Å²) in [6, 6.07) is 5.36. The number of nitro benzene ring substituents is 1. The van der Waals surface area contributed by atoms with Gasteiger partial charge in [0.1, 0.15) is 11.0 Å². The van der Waals surface area contributed by atoms with Gasteiger partial charge in [-0.1, -0.05) is 23.2 Å². The summed E-state index contributed by atoms with van der Waals surface area (Å²) < 4.78 is 5.35. The monoisotopic (exact) mass is 299 g/mol. The number of halogens is 2. The van der Waals surface area contributed by atoms with Crippen LogP contribution in [0.3, 0.4) is 0 Å². The molecule has 0 aliphatic heterocycles. The van der Waals surface area contributed by atoms with Crippen LogP contribution in [0, 0.1) is 17.0 Å². The maximum absolute atomic E-state index is 10.9. The molecule has 1 aromatic carbocycles. The van der Waals surface area contributed by atoms with Gasteiger partial charge >= 0.3 is 5.69 Å². The lowest BCUT2D eigenvalue weighted by atomic mass is 10.3. The van der Waals surface area contributed by atoms with E-state index in [1.165, 1.54) is 24.3 Å². The van der Waals surface area contributed by atoms with Crippen LogP contribution in [-0.2, 0) is 0 Å². The molecule has 0 saturated carbocycles. The SMILES string of the molecule is Cc1nc(Cl)cc(Oc2cc(Cl)ccc2[N+](=O)[O-])n1. The van der Waals surface area contributed by atoms with E-state index < -0.39 is 4.92 Å². The van der Waals surface area contributed by atoms with E-state index in [1.807, 2.05) is 0 Å². The highest BCUT2D eigenvalue weighted by atomic mass is 35.5. The lowest BCUT2D eigenvalue weighted by Crippen LogP contribution is -1.96. The molecule has 0 atom stereocenters. The number of hydrogen-bond donors (Lipinski definition) is 0. The topological polar surface area (TPSA) is 78.2 Å². The van der Waals surface area contributed by atoms with Crippen molar-refractivity contribution < 1.29 is 9.66 Å². The van der Waals surface area contributed by atoms with Crippen LogP contribution in [0.25, 0.3) is 0 Å². The summed E-state index contributed by atoms with van der Waals surface area (Å²) in [4.78, 5) is 18.2. The zero-order valence-corrected chi connectivity index (χ0v) is 11.1. The van der Waals surface area contributed by atoms with Crippen LogP contribution in [0.1, 0.15) is 5.82 Å². The number of nitro groups is 1. The summed E-state index contributed by atoms with van der Waals surface area (Å²) >= 11 is 11.5. The molecule has 1 aromatic heterocycles. The first-order valence-corrected chi connectivity index (χ1v) is 5.84. The van der Waals surface area contributed by atoms with Crippen LogP contribution < -0.4 is 4.74 Å². The summed E-state index contributed by atoms with van der Waals surface area (Å²) in [5.41, 5.74) is -0.211. The first kappa shape index (κ1) is 13.5. The lowest BCUT2D eigenvalue weighted by Gasteiger charge is -2.06. The Morgan fingerprint density at radius 2 is 2.00 bits per heavy atom. The van der Waals surface area contributed by atoms with Crippen LogP contribution >= 0.6 is 23.2 Å². The Morgan fingerprint density at radius 3 is 2.63 bits per heavy atom. The third-order valence-electron chi connectivity index (χ3n) is 2.12. The van der Waals surface area contributed by atoms with Gasteiger partial charge in [-0.15, -0.1) is 0 Å². The number of aromatic nitrogens is 2. The average Bonchev–Trinajstić information content (AvgIpc) is 2.26. The van der Waals surface area contributed by atoms with Crippen molar-refractivity contribution in [3.63, 3.8) is 0 Å². The fraction of sp³-hybridized carbons (Fsp3) is 0.0909. The van der Waals surface area contributed by atoms with Crippen molar-refractivity contribution in [2.45, 2.75) is 6.92 Å². The van der Waals surface area contributed by atoms with E-state index in [4.69, 9.17) is 27.9 Å². The molecule has 0 aliphatic rings. The number of hydrogen-bond acceptors (Lipinski definition) is 5. The molecule has 0 unspecified atom stereocenters. The first-order chi connectivity index (χ1) is 8.95. The number of nitrogens with zero attached hydrogens (tertiary/aromatic N) is 3. The summed E-state index contributed by atoms with van der Waals surface area (Å²) in [5.74, 6) is 0.502. The maximum Gasteiger partial charge on any atom is 0.311 e. The van der Waals surface area contributed by atoms with Crippen molar-refractivity contribution in [2.24, 2.45) is 0 Å². The number of aryl methyl sites for hydroxylation is 1. The van der Waals surface area contributed by atoms with Gasteiger partial charge in [0.25, 0.3) is 0 Å². The molecule has 0 N–H and O–H groups in total. The largest absolute Gasteiger partial charge is 0.432 e. The van der Waals surface area contributed by atoms with Gasteiger partial charge < -0.3 is 4.74 Å². The molecule has 1 heterocycles. The third kappa shape index (κ3) is 3.30. The molecule has 0 amide bonds. The maximum atomic E-state index is 10.9. The van der Waals surface area contributed by atoms with Gasteiger partial charge in [0.2, 0.25) is 11.6 Å². The van der Waals surface area contributed by atoms with E-state index in [0.717, 1.165) is 0 Å². The molecule has 98 valence electrons. The van der Waals surface area contributed by atoms with Crippen molar-refractivity contribution >= 4 is 28.9 Å². The molecular formula is C11H7Cl2N3O3. The van der Waals surface area contributed by atoms with Gasteiger partial charge in [-0.05, 0) is 13.0 Å². The molecule has 19 heavy (non-hydrogen) atoms. The second kappa shape index (κ2) is 5.38. The molecule has 0 fully saturated rings. The second-order valence-corrected chi connectivity index (χ2v) is 4.37. The molecule has 0 spiro atoms. The normalized spacial score (nSPS) is 10.3. The van der Waals surface area contributed by atoms with Crippen LogP contribution in [0.4, 0.5) is 5.69 Å². The Bertz CT molecular complexity index is 629. The van der Waals surface area contributed by atoms with Gasteiger partial charge in [0.05, 0.1) is 4.92 Å². The zero-order valence-electron chi connectivity index (χ0n) is 9.63. The van der Waals surface area contributed by atoms with Crippen molar-refractivity contribution in [2.75, 3.05) is 0 Å². The van der Waals surface area contributed by atoms with Gasteiger partial charge in [-0.2, -0.15) is 4.98 Å². The lowest BCUT2D eigenvalue weighted by molar-refractivity contribution is -0.385. The Balaban J connectivity index is 2.42. The smallest absolute Gasteiger partial charge is 0.311 e.